The van der Waals surface area contributed by atoms with E-state index >= 15 is 0 Å². The number of nitrogens with zero attached hydrogens (tertiary/aromatic N) is 1. The number of hydrogen-bond donors (Lipinski definition) is 1. The second-order valence-electron chi connectivity index (χ2n) is 6.06. The highest BCUT2D eigenvalue weighted by Gasteiger charge is 2.14. The van der Waals surface area contributed by atoms with Crippen LogP contribution in [0.4, 0.5) is 0 Å². The summed E-state index contributed by atoms with van der Waals surface area (Å²) in [6.07, 6.45) is 10.5. The largest absolute Gasteiger partial charge is 0.399 e. The molecule has 2 nitrogen and oxygen atoms in total. The summed E-state index contributed by atoms with van der Waals surface area (Å²) in [7, 11) is 2.10. The molecule has 1 heterocycles. The summed E-state index contributed by atoms with van der Waals surface area (Å²) in [4.78, 5) is 2.22. The van der Waals surface area contributed by atoms with Crippen molar-refractivity contribution in [3.63, 3.8) is 0 Å². The first-order valence-electron chi connectivity index (χ1n) is 7.92. The Hall–Kier alpha value is -2.48. The van der Waals surface area contributed by atoms with Crippen LogP contribution < -0.4 is 5.73 Å². The number of rotatable bonds is 3. The van der Waals surface area contributed by atoms with Gasteiger partial charge in [0.15, 0.2) is 0 Å². The van der Waals surface area contributed by atoms with Gasteiger partial charge >= 0.3 is 0 Å². The third kappa shape index (κ3) is 4.04. The summed E-state index contributed by atoms with van der Waals surface area (Å²) in [5.74, 6) is 0. The van der Waals surface area contributed by atoms with E-state index in [0.717, 1.165) is 18.4 Å². The van der Waals surface area contributed by atoms with Crippen LogP contribution in [0.15, 0.2) is 72.6 Å². The Bertz CT molecular complexity index is 717. The molecule has 2 rings (SSSR count). The first-order valence-corrected chi connectivity index (χ1v) is 7.92. The normalized spacial score (nSPS) is 20.4. The molecule has 0 aliphatic carbocycles. The number of aryl methyl sites for hydroxylation is 2. The molecule has 2 N–H and O–H groups in total. The van der Waals surface area contributed by atoms with E-state index in [-0.39, 0.29) is 0 Å². The van der Waals surface area contributed by atoms with Crippen molar-refractivity contribution < 1.29 is 0 Å². The molecule has 0 fully saturated rings. The quantitative estimate of drug-likeness (QED) is 0.810. The molecule has 1 aliphatic heterocycles. The van der Waals surface area contributed by atoms with Crippen molar-refractivity contribution in [3.8, 4) is 0 Å². The number of hydrogen-bond acceptors (Lipinski definition) is 2. The zero-order chi connectivity index (χ0) is 17.0. The molecule has 1 aromatic carbocycles. The molecular formula is C21H26N2. The minimum atomic E-state index is 0.514. The van der Waals surface area contributed by atoms with Gasteiger partial charge in [0.2, 0.25) is 0 Å². The highest BCUT2D eigenvalue weighted by molar-refractivity contribution is 5.68. The van der Waals surface area contributed by atoms with Crippen molar-refractivity contribution >= 4 is 5.70 Å². The molecule has 0 unspecified atom stereocenters. The van der Waals surface area contributed by atoms with Crippen molar-refractivity contribution in [1.29, 1.82) is 0 Å². The predicted octanol–water partition coefficient (Wildman–Crippen LogP) is 4.84. The van der Waals surface area contributed by atoms with Crippen LogP contribution in [0.25, 0.3) is 5.70 Å². The minimum Gasteiger partial charge on any atom is -0.399 e. The standard InChI is InChI=1S/C21H26N2/c1-15-11-12-19(13-16(15)2)21-10-8-6-7-9-20(23(21)5)14-17(3)18(4)22/h6,8,10-14H,3-4,7,9,22H2,1-2,5H3/b8-6-,20-14-,21-10-. The van der Waals surface area contributed by atoms with E-state index in [9.17, 15) is 0 Å². The van der Waals surface area contributed by atoms with Crippen molar-refractivity contribution in [1.82, 2.24) is 4.90 Å². The van der Waals surface area contributed by atoms with Gasteiger partial charge in [-0.3, -0.25) is 0 Å². The Morgan fingerprint density at radius 2 is 1.96 bits per heavy atom. The van der Waals surface area contributed by atoms with E-state index in [0.29, 0.717) is 5.70 Å². The van der Waals surface area contributed by atoms with Gasteiger partial charge in [0.1, 0.15) is 0 Å². The van der Waals surface area contributed by atoms with Gasteiger partial charge in [-0.05, 0) is 67.2 Å². The maximum absolute atomic E-state index is 5.77. The summed E-state index contributed by atoms with van der Waals surface area (Å²) in [5.41, 5.74) is 13.2. The fraction of sp³-hybridized carbons (Fsp3) is 0.238. The van der Waals surface area contributed by atoms with Crippen LogP contribution in [0.2, 0.25) is 0 Å². The number of benzene rings is 1. The summed E-state index contributed by atoms with van der Waals surface area (Å²) in [6.45, 7) is 12.1. The van der Waals surface area contributed by atoms with Crippen LogP contribution in [0.1, 0.15) is 29.5 Å². The van der Waals surface area contributed by atoms with E-state index in [2.05, 4.69) is 75.4 Å². The van der Waals surface area contributed by atoms with E-state index in [4.69, 9.17) is 5.73 Å². The smallest absolute Gasteiger partial charge is 0.0479 e. The Kier molecular flexibility index (Phi) is 5.28. The molecule has 120 valence electrons. The first kappa shape index (κ1) is 16.9. The average Bonchev–Trinajstić information content (AvgIpc) is 2.50. The SMILES string of the molecule is C=C(N)C(=C)/C=C1/CC/C=C\C=C(\c2ccc(C)c(C)c2)N1C. The van der Waals surface area contributed by atoms with Crippen LogP contribution in [0, 0.1) is 13.8 Å². The zero-order valence-electron chi connectivity index (χ0n) is 14.4. The second-order valence-corrected chi connectivity index (χ2v) is 6.06. The van der Waals surface area contributed by atoms with Gasteiger partial charge in [-0.1, -0.05) is 37.4 Å². The molecule has 0 aromatic heterocycles. The van der Waals surface area contributed by atoms with Gasteiger partial charge < -0.3 is 10.6 Å². The van der Waals surface area contributed by atoms with Gasteiger partial charge in [0, 0.05) is 24.1 Å². The Morgan fingerprint density at radius 1 is 1.22 bits per heavy atom. The third-order valence-corrected chi connectivity index (χ3v) is 4.31. The van der Waals surface area contributed by atoms with Gasteiger partial charge in [-0.2, -0.15) is 0 Å². The predicted molar refractivity (Wildman–Crippen MR) is 101 cm³/mol. The summed E-state index contributed by atoms with van der Waals surface area (Å²) in [6, 6.07) is 6.59. The number of nitrogens with two attached hydrogens (primary N) is 1. The molecule has 0 amide bonds. The molecule has 0 saturated heterocycles. The van der Waals surface area contributed by atoms with Crippen LogP contribution in [0.3, 0.4) is 0 Å². The fourth-order valence-electron chi connectivity index (χ4n) is 2.57. The lowest BCUT2D eigenvalue weighted by molar-refractivity contribution is 0.560. The average molecular weight is 306 g/mol. The van der Waals surface area contributed by atoms with Crippen molar-refractivity contribution in [2.24, 2.45) is 5.73 Å². The van der Waals surface area contributed by atoms with E-state index in [1.165, 1.54) is 28.1 Å². The van der Waals surface area contributed by atoms with Gasteiger partial charge in [-0.15, -0.1) is 0 Å². The summed E-state index contributed by atoms with van der Waals surface area (Å²) < 4.78 is 0. The van der Waals surface area contributed by atoms with Crippen molar-refractivity contribution in [2.45, 2.75) is 26.7 Å². The maximum atomic E-state index is 5.77. The Balaban J connectivity index is 2.45. The van der Waals surface area contributed by atoms with E-state index in [1.54, 1.807) is 0 Å². The molecule has 2 heteroatoms. The molecule has 0 radical (unpaired) electrons. The molecular weight excluding hydrogens is 280 g/mol. The molecule has 0 atom stereocenters. The van der Waals surface area contributed by atoms with Crippen LogP contribution in [0.5, 0.6) is 0 Å². The summed E-state index contributed by atoms with van der Waals surface area (Å²) >= 11 is 0. The van der Waals surface area contributed by atoms with Crippen LogP contribution in [-0.4, -0.2) is 11.9 Å². The minimum absolute atomic E-state index is 0.514. The fourth-order valence-corrected chi connectivity index (χ4v) is 2.57. The van der Waals surface area contributed by atoms with Crippen LogP contribution in [-0.2, 0) is 0 Å². The third-order valence-electron chi connectivity index (χ3n) is 4.31. The molecule has 23 heavy (non-hydrogen) atoms. The van der Waals surface area contributed by atoms with Gasteiger partial charge in [-0.25, -0.2) is 0 Å². The molecule has 0 spiro atoms. The lowest BCUT2D eigenvalue weighted by Gasteiger charge is -2.27. The highest BCUT2D eigenvalue weighted by atomic mass is 15.1. The first-order chi connectivity index (χ1) is 10.9. The molecule has 0 bridgehead atoms. The van der Waals surface area contributed by atoms with E-state index in [1.807, 2.05) is 6.08 Å². The van der Waals surface area contributed by atoms with Crippen molar-refractivity contribution in [3.05, 3.63) is 89.3 Å². The highest BCUT2D eigenvalue weighted by Crippen LogP contribution is 2.28. The lowest BCUT2D eigenvalue weighted by Crippen LogP contribution is -2.18. The second kappa shape index (κ2) is 7.19. The van der Waals surface area contributed by atoms with E-state index < -0.39 is 0 Å². The zero-order valence-corrected chi connectivity index (χ0v) is 14.4. The molecule has 1 aliphatic rings. The van der Waals surface area contributed by atoms with Crippen LogP contribution >= 0.6 is 0 Å². The Labute approximate surface area is 140 Å². The van der Waals surface area contributed by atoms with Crippen molar-refractivity contribution in [2.75, 3.05) is 7.05 Å². The Morgan fingerprint density at radius 3 is 2.61 bits per heavy atom. The topological polar surface area (TPSA) is 29.3 Å². The molecule has 1 aromatic rings. The monoisotopic (exact) mass is 306 g/mol. The van der Waals surface area contributed by atoms with Gasteiger partial charge in [0.25, 0.3) is 0 Å². The van der Waals surface area contributed by atoms with Gasteiger partial charge in [0.05, 0.1) is 0 Å². The lowest BCUT2D eigenvalue weighted by atomic mass is 10.0. The molecule has 0 saturated carbocycles. The maximum Gasteiger partial charge on any atom is 0.0479 e. The number of allylic oxidation sites excluding steroid dienone is 5. The summed E-state index contributed by atoms with van der Waals surface area (Å²) in [5, 5.41) is 0.